The average Bonchev–Trinajstić information content (AvgIpc) is 3.01. The van der Waals surface area contributed by atoms with Gasteiger partial charge in [0.15, 0.2) is 0 Å². The number of amides is 2. The summed E-state index contributed by atoms with van der Waals surface area (Å²) in [5, 5.41) is 7.20. The number of hydrogen-bond acceptors (Lipinski definition) is 3. The summed E-state index contributed by atoms with van der Waals surface area (Å²) < 4.78 is 1.56. The second-order valence-corrected chi connectivity index (χ2v) is 6.54. The fraction of sp³-hybridized carbons (Fsp3) is 0.353. The Morgan fingerprint density at radius 1 is 1.29 bits per heavy atom. The summed E-state index contributed by atoms with van der Waals surface area (Å²) in [6.07, 6.45) is 3.14. The minimum absolute atomic E-state index is 0.0855. The minimum Gasteiger partial charge on any atom is -0.355 e. The van der Waals surface area contributed by atoms with Crippen molar-refractivity contribution in [3.8, 4) is 0 Å². The lowest BCUT2D eigenvalue weighted by molar-refractivity contribution is -0.139. The van der Waals surface area contributed by atoms with Gasteiger partial charge < -0.3 is 10.2 Å². The van der Waals surface area contributed by atoms with Crippen molar-refractivity contribution in [1.29, 1.82) is 0 Å². The molecule has 24 heavy (non-hydrogen) atoms. The molecule has 0 fully saturated rings. The van der Waals surface area contributed by atoms with E-state index in [0.29, 0.717) is 17.1 Å². The quantitative estimate of drug-likeness (QED) is 0.901. The van der Waals surface area contributed by atoms with Gasteiger partial charge in [-0.05, 0) is 31.5 Å². The van der Waals surface area contributed by atoms with Crippen molar-refractivity contribution in [2.45, 2.75) is 25.9 Å². The SMILES string of the molecule is CNC(=O)c1ccc(CN(C)C(=O)C(C)(C)n2cc(Cl)cn2)cc1. The second-order valence-electron chi connectivity index (χ2n) is 6.10. The summed E-state index contributed by atoms with van der Waals surface area (Å²) in [7, 11) is 3.33. The molecule has 0 bridgehead atoms. The van der Waals surface area contributed by atoms with Gasteiger partial charge in [-0.2, -0.15) is 5.10 Å². The Bertz CT molecular complexity index is 737. The van der Waals surface area contributed by atoms with Crippen LogP contribution in [0.2, 0.25) is 5.02 Å². The van der Waals surface area contributed by atoms with Crippen LogP contribution in [0.1, 0.15) is 29.8 Å². The highest BCUT2D eigenvalue weighted by Crippen LogP contribution is 2.20. The molecular weight excluding hydrogens is 328 g/mol. The smallest absolute Gasteiger partial charge is 0.251 e. The van der Waals surface area contributed by atoms with Gasteiger partial charge >= 0.3 is 0 Å². The fourth-order valence-electron chi connectivity index (χ4n) is 2.42. The normalized spacial score (nSPS) is 11.2. The Balaban J connectivity index is 2.09. The van der Waals surface area contributed by atoms with Crippen LogP contribution in [0.15, 0.2) is 36.7 Å². The van der Waals surface area contributed by atoms with Crippen LogP contribution in [-0.2, 0) is 16.9 Å². The average molecular weight is 349 g/mol. The van der Waals surface area contributed by atoms with Gasteiger partial charge in [0.1, 0.15) is 5.54 Å². The molecule has 0 aliphatic rings. The van der Waals surface area contributed by atoms with E-state index in [0.717, 1.165) is 5.56 Å². The van der Waals surface area contributed by atoms with E-state index < -0.39 is 5.54 Å². The van der Waals surface area contributed by atoms with Gasteiger partial charge in [0.25, 0.3) is 5.91 Å². The van der Waals surface area contributed by atoms with E-state index in [2.05, 4.69) is 10.4 Å². The molecule has 2 aromatic rings. The number of nitrogens with zero attached hydrogens (tertiary/aromatic N) is 3. The van der Waals surface area contributed by atoms with Crippen LogP contribution in [0.4, 0.5) is 0 Å². The van der Waals surface area contributed by atoms with E-state index in [4.69, 9.17) is 11.6 Å². The molecule has 0 aliphatic carbocycles. The summed E-state index contributed by atoms with van der Waals surface area (Å²) in [6, 6.07) is 7.16. The number of benzene rings is 1. The molecule has 7 heteroatoms. The summed E-state index contributed by atoms with van der Waals surface area (Å²) in [5.41, 5.74) is 0.679. The van der Waals surface area contributed by atoms with Crippen LogP contribution in [0, 0.1) is 0 Å². The van der Waals surface area contributed by atoms with Gasteiger partial charge in [0.05, 0.1) is 11.2 Å². The first-order valence-corrected chi connectivity index (χ1v) is 7.90. The molecule has 0 aliphatic heterocycles. The number of rotatable bonds is 5. The molecule has 0 saturated carbocycles. The lowest BCUT2D eigenvalue weighted by atomic mass is 10.0. The van der Waals surface area contributed by atoms with Crippen LogP contribution >= 0.6 is 11.6 Å². The van der Waals surface area contributed by atoms with E-state index in [-0.39, 0.29) is 11.8 Å². The first kappa shape index (κ1) is 18.0. The predicted octanol–water partition coefficient (Wildman–Crippen LogP) is 2.29. The van der Waals surface area contributed by atoms with Crippen molar-refractivity contribution in [1.82, 2.24) is 20.0 Å². The molecule has 0 radical (unpaired) electrons. The third-order valence-corrected chi connectivity index (χ3v) is 4.05. The predicted molar refractivity (Wildman–Crippen MR) is 92.9 cm³/mol. The number of likely N-dealkylation sites (N-methyl/N-ethyl adjacent to an activating group) is 1. The Morgan fingerprint density at radius 3 is 2.42 bits per heavy atom. The van der Waals surface area contributed by atoms with E-state index >= 15 is 0 Å². The zero-order valence-corrected chi connectivity index (χ0v) is 15.0. The topological polar surface area (TPSA) is 67.2 Å². The molecule has 1 aromatic heterocycles. The van der Waals surface area contributed by atoms with Crippen LogP contribution in [0.25, 0.3) is 0 Å². The summed E-state index contributed by atoms with van der Waals surface area (Å²) in [5.74, 6) is -0.222. The Hall–Kier alpha value is -2.34. The van der Waals surface area contributed by atoms with Gasteiger partial charge in [0.2, 0.25) is 5.91 Å². The van der Waals surface area contributed by atoms with Gasteiger partial charge in [-0.15, -0.1) is 0 Å². The highest BCUT2D eigenvalue weighted by Gasteiger charge is 2.33. The minimum atomic E-state index is -0.843. The number of halogens is 1. The van der Waals surface area contributed by atoms with Gasteiger partial charge in [-0.25, -0.2) is 0 Å². The number of carbonyl (C=O) groups is 2. The molecule has 1 aromatic carbocycles. The molecular formula is C17H21ClN4O2. The molecule has 0 spiro atoms. The zero-order chi connectivity index (χ0) is 17.9. The van der Waals surface area contributed by atoms with Gasteiger partial charge in [-0.1, -0.05) is 23.7 Å². The van der Waals surface area contributed by atoms with E-state index in [1.807, 2.05) is 12.1 Å². The van der Waals surface area contributed by atoms with Crippen LogP contribution in [0.5, 0.6) is 0 Å². The Kier molecular flexibility index (Phi) is 5.29. The first-order chi connectivity index (χ1) is 11.3. The standard InChI is InChI=1S/C17H21ClN4O2/c1-17(2,22-11-14(18)9-20-22)16(24)21(4)10-12-5-7-13(8-6-12)15(23)19-3/h5-9,11H,10H2,1-4H3,(H,19,23). The molecule has 1 N–H and O–H groups in total. The number of aromatic nitrogens is 2. The number of carbonyl (C=O) groups excluding carboxylic acids is 2. The third kappa shape index (κ3) is 3.76. The summed E-state index contributed by atoms with van der Waals surface area (Å²) in [6.45, 7) is 4.03. The van der Waals surface area contributed by atoms with Crippen molar-refractivity contribution >= 4 is 23.4 Å². The van der Waals surface area contributed by atoms with Crippen molar-refractivity contribution in [3.63, 3.8) is 0 Å². The molecule has 0 saturated heterocycles. The lowest BCUT2D eigenvalue weighted by Gasteiger charge is -2.29. The monoisotopic (exact) mass is 348 g/mol. The Morgan fingerprint density at radius 2 is 1.92 bits per heavy atom. The van der Waals surface area contributed by atoms with Crippen LogP contribution in [0.3, 0.4) is 0 Å². The number of nitrogens with one attached hydrogen (secondary N) is 1. The molecule has 0 unspecified atom stereocenters. The van der Waals surface area contributed by atoms with Gasteiger partial charge in [0, 0.05) is 32.4 Å². The summed E-state index contributed by atoms with van der Waals surface area (Å²) in [4.78, 5) is 25.9. The van der Waals surface area contributed by atoms with E-state index in [1.165, 1.54) is 6.20 Å². The van der Waals surface area contributed by atoms with Crippen molar-refractivity contribution in [2.75, 3.05) is 14.1 Å². The Labute approximate surface area is 146 Å². The van der Waals surface area contributed by atoms with Crippen molar-refractivity contribution in [3.05, 3.63) is 52.8 Å². The van der Waals surface area contributed by atoms with E-state index in [1.54, 1.807) is 55.9 Å². The molecule has 2 rings (SSSR count). The second kappa shape index (κ2) is 7.05. The maximum absolute atomic E-state index is 12.8. The lowest BCUT2D eigenvalue weighted by Crippen LogP contribution is -2.45. The van der Waals surface area contributed by atoms with Crippen molar-refractivity contribution in [2.24, 2.45) is 0 Å². The molecule has 128 valence electrons. The highest BCUT2D eigenvalue weighted by molar-refractivity contribution is 6.30. The van der Waals surface area contributed by atoms with Crippen molar-refractivity contribution < 1.29 is 9.59 Å². The molecule has 2 amide bonds. The highest BCUT2D eigenvalue weighted by atomic mass is 35.5. The first-order valence-electron chi connectivity index (χ1n) is 7.53. The molecule has 6 nitrogen and oxygen atoms in total. The van der Waals surface area contributed by atoms with Crippen LogP contribution < -0.4 is 5.32 Å². The van der Waals surface area contributed by atoms with Crippen LogP contribution in [-0.4, -0.2) is 40.6 Å². The third-order valence-electron chi connectivity index (χ3n) is 3.86. The summed E-state index contributed by atoms with van der Waals surface area (Å²) >= 11 is 5.89. The molecule has 0 atom stereocenters. The zero-order valence-electron chi connectivity index (χ0n) is 14.2. The fourth-order valence-corrected chi connectivity index (χ4v) is 2.56. The maximum atomic E-state index is 12.8. The number of hydrogen-bond donors (Lipinski definition) is 1. The maximum Gasteiger partial charge on any atom is 0.251 e. The molecule has 1 heterocycles. The largest absolute Gasteiger partial charge is 0.355 e. The van der Waals surface area contributed by atoms with E-state index in [9.17, 15) is 9.59 Å². The van der Waals surface area contributed by atoms with Gasteiger partial charge in [-0.3, -0.25) is 14.3 Å².